The summed E-state index contributed by atoms with van der Waals surface area (Å²) in [6, 6.07) is 9.10. The number of carbonyl (C=O) groups is 2. The molecular formula is C22H22N2O5. The van der Waals surface area contributed by atoms with Gasteiger partial charge in [0.25, 0.3) is 0 Å². The lowest BCUT2D eigenvalue weighted by Gasteiger charge is -2.13. The van der Waals surface area contributed by atoms with E-state index in [1.807, 2.05) is 36.6 Å². The van der Waals surface area contributed by atoms with Crippen LogP contribution in [0.5, 0.6) is 0 Å². The Labute approximate surface area is 168 Å². The Bertz CT molecular complexity index is 1100. The van der Waals surface area contributed by atoms with Gasteiger partial charge < -0.3 is 19.1 Å². The van der Waals surface area contributed by atoms with E-state index in [0.29, 0.717) is 17.0 Å². The van der Waals surface area contributed by atoms with Gasteiger partial charge in [-0.3, -0.25) is 0 Å². The fraction of sp³-hybridized carbons (Fsp3) is 0.227. The number of aromatic nitrogens is 1. The molecule has 0 saturated heterocycles. The third-order valence-corrected chi connectivity index (χ3v) is 4.83. The van der Waals surface area contributed by atoms with Crippen LogP contribution in [0.4, 0.5) is 0 Å². The number of ether oxygens (including phenoxy) is 2. The first-order chi connectivity index (χ1) is 13.8. The molecule has 3 rings (SSSR count). The highest BCUT2D eigenvalue weighted by Gasteiger charge is 2.27. The van der Waals surface area contributed by atoms with E-state index in [9.17, 15) is 14.7 Å². The Morgan fingerprint density at radius 1 is 1.07 bits per heavy atom. The van der Waals surface area contributed by atoms with Crippen LogP contribution in [-0.4, -0.2) is 41.5 Å². The van der Waals surface area contributed by atoms with Crippen LogP contribution in [0.15, 0.2) is 52.4 Å². The fourth-order valence-corrected chi connectivity index (χ4v) is 3.44. The number of carbonyl (C=O) groups excluding carboxylic acids is 2. The van der Waals surface area contributed by atoms with Crippen molar-refractivity contribution in [1.82, 2.24) is 4.57 Å². The van der Waals surface area contributed by atoms with Gasteiger partial charge in [0.15, 0.2) is 5.76 Å². The quantitative estimate of drug-likeness (QED) is 0.799. The highest BCUT2D eigenvalue weighted by molar-refractivity contribution is 6.22. The molecule has 2 heterocycles. The van der Waals surface area contributed by atoms with Crippen LogP contribution < -0.4 is 0 Å². The molecule has 0 amide bonds. The molecule has 150 valence electrons. The lowest BCUT2D eigenvalue weighted by Crippen LogP contribution is -2.11. The van der Waals surface area contributed by atoms with E-state index in [1.54, 1.807) is 25.1 Å². The highest BCUT2D eigenvalue weighted by Crippen LogP contribution is 2.30. The van der Waals surface area contributed by atoms with E-state index < -0.39 is 11.9 Å². The number of benzene rings is 1. The molecule has 0 aliphatic carbocycles. The van der Waals surface area contributed by atoms with Crippen LogP contribution in [0.1, 0.15) is 34.2 Å². The average Bonchev–Trinajstić information content (AvgIpc) is 3.15. The van der Waals surface area contributed by atoms with Crippen LogP contribution >= 0.6 is 0 Å². The lowest BCUT2D eigenvalue weighted by atomic mass is 10.1. The van der Waals surface area contributed by atoms with Crippen molar-refractivity contribution >= 4 is 23.7 Å². The number of para-hydroxylation sites is 1. The molecule has 0 unspecified atom stereocenters. The second-order valence-electron chi connectivity index (χ2n) is 6.61. The van der Waals surface area contributed by atoms with Crippen LogP contribution in [0.3, 0.4) is 0 Å². The molecule has 0 atom stereocenters. The molecule has 2 aromatic rings. The molecular weight excluding hydrogens is 372 g/mol. The first kappa shape index (κ1) is 20.1. The molecule has 1 aliphatic rings. The van der Waals surface area contributed by atoms with Crippen molar-refractivity contribution in [3.05, 3.63) is 69.9 Å². The average molecular weight is 394 g/mol. The summed E-state index contributed by atoms with van der Waals surface area (Å²) in [4.78, 5) is 28.3. The number of esters is 2. The van der Waals surface area contributed by atoms with Gasteiger partial charge in [-0.2, -0.15) is 0 Å². The van der Waals surface area contributed by atoms with Gasteiger partial charge in [0.05, 0.1) is 31.2 Å². The Balaban J connectivity index is 2.12. The zero-order chi connectivity index (χ0) is 21.3. The highest BCUT2D eigenvalue weighted by atomic mass is 16.5. The summed E-state index contributed by atoms with van der Waals surface area (Å²) in [5.41, 5.74) is 4.41. The molecule has 1 aromatic carbocycles. The number of rotatable bonds is 4. The third kappa shape index (κ3) is 3.47. The minimum Gasteiger partial charge on any atom is -0.505 e. The van der Waals surface area contributed by atoms with Gasteiger partial charge in [0.2, 0.25) is 0 Å². The first-order valence-electron chi connectivity index (χ1n) is 8.96. The molecule has 29 heavy (non-hydrogen) atoms. The number of aryl methyl sites for hydroxylation is 1. The van der Waals surface area contributed by atoms with Crippen molar-refractivity contribution < 1.29 is 24.2 Å². The Morgan fingerprint density at radius 2 is 1.72 bits per heavy atom. The smallest absolute Gasteiger partial charge is 0.343 e. The van der Waals surface area contributed by atoms with Gasteiger partial charge in [-0.25, -0.2) is 14.6 Å². The molecule has 7 heteroatoms. The third-order valence-electron chi connectivity index (χ3n) is 4.83. The number of methoxy groups -OCH3 is 2. The standard InChI is InChI=1S/C22H22N2O5/c1-12-10-15(11-17-20(25)19(13(2)23-17)22(27)29-5)14(3)24(12)18-9-7-6-8-16(18)21(26)28-4/h6-11,25H,1-5H3/b17-11+. The maximum Gasteiger partial charge on any atom is 0.343 e. The number of nitrogens with zero attached hydrogens (tertiary/aromatic N) is 2. The van der Waals surface area contributed by atoms with Crippen molar-refractivity contribution in [3.8, 4) is 5.69 Å². The van der Waals surface area contributed by atoms with Crippen LogP contribution in [0.2, 0.25) is 0 Å². The summed E-state index contributed by atoms with van der Waals surface area (Å²) in [7, 11) is 2.60. The van der Waals surface area contributed by atoms with Gasteiger partial charge in [0, 0.05) is 11.4 Å². The number of aliphatic hydroxyl groups excluding tert-OH is 1. The second-order valence-corrected chi connectivity index (χ2v) is 6.61. The largest absolute Gasteiger partial charge is 0.505 e. The van der Waals surface area contributed by atoms with Gasteiger partial charge in [-0.05, 0) is 50.6 Å². The minimum absolute atomic E-state index is 0.0589. The lowest BCUT2D eigenvalue weighted by molar-refractivity contribution is -0.135. The van der Waals surface area contributed by atoms with E-state index in [2.05, 4.69) is 4.99 Å². The molecule has 1 N–H and O–H groups in total. The minimum atomic E-state index is -0.635. The molecule has 0 fully saturated rings. The van der Waals surface area contributed by atoms with Gasteiger partial charge >= 0.3 is 11.9 Å². The Morgan fingerprint density at radius 3 is 2.38 bits per heavy atom. The normalized spacial score (nSPS) is 14.9. The van der Waals surface area contributed by atoms with Crippen molar-refractivity contribution in [2.75, 3.05) is 14.2 Å². The number of hydrogen-bond donors (Lipinski definition) is 1. The zero-order valence-corrected chi connectivity index (χ0v) is 16.9. The topological polar surface area (TPSA) is 90.1 Å². The molecule has 0 bridgehead atoms. The Hall–Kier alpha value is -3.61. The summed E-state index contributed by atoms with van der Waals surface area (Å²) in [6.45, 7) is 5.46. The predicted molar refractivity (Wildman–Crippen MR) is 109 cm³/mol. The second kappa shape index (κ2) is 7.79. The molecule has 0 radical (unpaired) electrons. The molecule has 1 aromatic heterocycles. The van der Waals surface area contributed by atoms with Gasteiger partial charge in [-0.15, -0.1) is 0 Å². The van der Waals surface area contributed by atoms with Crippen molar-refractivity contribution in [2.24, 2.45) is 4.99 Å². The predicted octanol–water partition coefficient (Wildman–Crippen LogP) is 3.68. The van der Waals surface area contributed by atoms with Crippen LogP contribution in [-0.2, 0) is 14.3 Å². The van der Waals surface area contributed by atoms with Crippen LogP contribution in [0.25, 0.3) is 11.8 Å². The first-order valence-corrected chi connectivity index (χ1v) is 8.96. The molecule has 1 aliphatic heterocycles. The van der Waals surface area contributed by atoms with E-state index in [-0.39, 0.29) is 17.0 Å². The summed E-state index contributed by atoms with van der Waals surface area (Å²) < 4.78 is 11.5. The summed E-state index contributed by atoms with van der Waals surface area (Å²) in [5, 5.41) is 10.4. The zero-order valence-electron chi connectivity index (χ0n) is 16.9. The van der Waals surface area contributed by atoms with Crippen molar-refractivity contribution in [1.29, 1.82) is 0 Å². The van der Waals surface area contributed by atoms with E-state index in [1.165, 1.54) is 14.2 Å². The van der Waals surface area contributed by atoms with Gasteiger partial charge in [0.1, 0.15) is 11.3 Å². The molecule has 7 nitrogen and oxygen atoms in total. The SMILES string of the molecule is COC(=O)C1=C(O)/C(=C\c2cc(C)n(-c3ccccc3C(=O)OC)c2C)N=C1C. The number of hydrogen-bond acceptors (Lipinski definition) is 6. The summed E-state index contributed by atoms with van der Waals surface area (Å²) >= 11 is 0. The summed E-state index contributed by atoms with van der Waals surface area (Å²) in [6.07, 6.45) is 1.70. The van der Waals surface area contributed by atoms with Crippen LogP contribution in [0, 0.1) is 13.8 Å². The number of aliphatic imine (C=N–C) groups is 1. The fourth-order valence-electron chi connectivity index (χ4n) is 3.44. The van der Waals surface area contributed by atoms with E-state index >= 15 is 0 Å². The number of aliphatic hydroxyl groups is 1. The monoisotopic (exact) mass is 394 g/mol. The summed E-state index contributed by atoms with van der Waals surface area (Å²) in [5.74, 6) is -1.27. The Kier molecular flexibility index (Phi) is 5.41. The van der Waals surface area contributed by atoms with Crippen molar-refractivity contribution in [2.45, 2.75) is 20.8 Å². The van der Waals surface area contributed by atoms with E-state index in [4.69, 9.17) is 9.47 Å². The van der Waals surface area contributed by atoms with Gasteiger partial charge in [-0.1, -0.05) is 12.1 Å². The van der Waals surface area contributed by atoms with E-state index in [0.717, 1.165) is 17.0 Å². The molecule has 0 saturated carbocycles. The van der Waals surface area contributed by atoms with Crippen molar-refractivity contribution in [3.63, 3.8) is 0 Å². The molecule has 0 spiro atoms. The maximum atomic E-state index is 12.2. The maximum absolute atomic E-state index is 12.2.